The van der Waals surface area contributed by atoms with Crippen LogP contribution in [0.2, 0.25) is 0 Å². The fourth-order valence-corrected chi connectivity index (χ4v) is 4.70. The zero-order chi connectivity index (χ0) is 20.9. The largest absolute Gasteiger partial charge is 0.481 e. The van der Waals surface area contributed by atoms with E-state index < -0.39 is 11.5 Å². The van der Waals surface area contributed by atoms with Crippen LogP contribution in [0.4, 0.5) is 5.69 Å². The molecule has 0 bridgehead atoms. The average Bonchev–Trinajstić information content (AvgIpc) is 3.44. The number of rotatable bonds is 3. The monoisotopic (exact) mass is 403 g/mol. The number of fused-ring (bicyclic) bond motifs is 2. The molecule has 5 rings (SSSR count). The first kappa shape index (κ1) is 18.4. The number of carbonyl (C=O) groups excluding carboxylic acids is 2. The number of amides is 2. The molecular weight excluding hydrogens is 382 g/mol. The second kappa shape index (κ2) is 6.69. The van der Waals surface area contributed by atoms with Gasteiger partial charge in [-0.2, -0.15) is 0 Å². The minimum Gasteiger partial charge on any atom is -0.481 e. The Morgan fingerprint density at radius 2 is 2.07 bits per heavy atom. The number of methoxy groups -OCH3 is 1. The number of nitrogens with one attached hydrogen (secondary N) is 1. The van der Waals surface area contributed by atoms with Gasteiger partial charge in [0.25, 0.3) is 5.91 Å². The maximum absolute atomic E-state index is 13.5. The van der Waals surface area contributed by atoms with Crippen molar-refractivity contribution >= 4 is 17.5 Å². The summed E-state index contributed by atoms with van der Waals surface area (Å²) >= 11 is 0. The van der Waals surface area contributed by atoms with Crippen LogP contribution in [0.5, 0.6) is 5.88 Å². The Kier molecular flexibility index (Phi) is 4.09. The summed E-state index contributed by atoms with van der Waals surface area (Å²) < 4.78 is 6.97. The number of carbonyl (C=O) groups is 2. The number of hydrogen-bond donors (Lipinski definition) is 1. The Hall–Kier alpha value is -3.68. The van der Waals surface area contributed by atoms with Crippen LogP contribution in [0.3, 0.4) is 0 Å². The van der Waals surface area contributed by atoms with E-state index in [1.54, 1.807) is 23.2 Å². The fraction of sp³-hybridized carbons (Fsp3) is 0.273. The third kappa shape index (κ3) is 2.46. The SMILES string of the molecule is COc1ccc(C(=O)N2CC[C@]3(C(=O)Nc4ccccc43)[C@@H]2c2nccn2C)cn1. The molecule has 3 aromatic rings. The molecule has 2 aliphatic rings. The summed E-state index contributed by atoms with van der Waals surface area (Å²) in [5.74, 6) is 0.829. The fourth-order valence-electron chi connectivity index (χ4n) is 4.70. The maximum Gasteiger partial charge on any atom is 0.256 e. The number of hydrogen-bond acceptors (Lipinski definition) is 5. The molecule has 2 aromatic heterocycles. The van der Waals surface area contributed by atoms with Crippen molar-refractivity contribution in [3.8, 4) is 5.88 Å². The van der Waals surface area contributed by atoms with Crippen molar-refractivity contribution in [2.24, 2.45) is 7.05 Å². The third-order valence-corrected chi connectivity index (χ3v) is 6.14. The molecule has 8 heteroatoms. The highest BCUT2D eigenvalue weighted by Gasteiger charge is 2.60. The molecule has 1 spiro atoms. The molecule has 1 fully saturated rings. The van der Waals surface area contributed by atoms with E-state index in [2.05, 4.69) is 15.3 Å². The summed E-state index contributed by atoms with van der Waals surface area (Å²) in [6.45, 7) is 0.435. The van der Waals surface area contributed by atoms with E-state index in [0.717, 1.165) is 11.3 Å². The molecule has 1 aromatic carbocycles. The molecule has 0 saturated carbocycles. The van der Waals surface area contributed by atoms with Gasteiger partial charge in [0.2, 0.25) is 11.8 Å². The number of aromatic nitrogens is 3. The van der Waals surface area contributed by atoms with Crippen LogP contribution in [-0.2, 0) is 17.3 Å². The smallest absolute Gasteiger partial charge is 0.256 e. The van der Waals surface area contributed by atoms with E-state index >= 15 is 0 Å². The van der Waals surface area contributed by atoms with Gasteiger partial charge in [-0.05, 0) is 24.1 Å². The number of likely N-dealkylation sites (tertiary alicyclic amines) is 1. The van der Waals surface area contributed by atoms with Crippen LogP contribution in [-0.4, -0.2) is 44.9 Å². The van der Waals surface area contributed by atoms with Crippen LogP contribution in [0, 0.1) is 0 Å². The third-order valence-electron chi connectivity index (χ3n) is 6.14. The van der Waals surface area contributed by atoms with Gasteiger partial charge in [0.05, 0.1) is 12.7 Å². The lowest BCUT2D eigenvalue weighted by atomic mass is 9.74. The van der Waals surface area contributed by atoms with E-state index in [9.17, 15) is 9.59 Å². The number of anilines is 1. The van der Waals surface area contributed by atoms with Gasteiger partial charge in [0, 0.05) is 43.9 Å². The molecule has 0 unspecified atom stereocenters. The predicted molar refractivity (Wildman–Crippen MR) is 109 cm³/mol. The molecule has 2 atom stereocenters. The Morgan fingerprint density at radius 3 is 2.77 bits per heavy atom. The van der Waals surface area contributed by atoms with E-state index in [0.29, 0.717) is 30.2 Å². The van der Waals surface area contributed by atoms with E-state index in [-0.39, 0.29) is 11.8 Å². The van der Waals surface area contributed by atoms with Crippen molar-refractivity contribution in [3.63, 3.8) is 0 Å². The average molecular weight is 403 g/mol. The molecule has 30 heavy (non-hydrogen) atoms. The quantitative estimate of drug-likeness (QED) is 0.725. The van der Waals surface area contributed by atoms with Crippen molar-refractivity contribution in [2.45, 2.75) is 17.9 Å². The van der Waals surface area contributed by atoms with Gasteiger partial charge >= 0.3 is 0 Å². The normalized spacial score (nSPS) is 22.3. The lowest BCUT2D eigenvalue weighted by molar-refractivity contribution is -0.121. The molecule has 2 aliphatic heterocycles. The van der Waals surface area contributed by atoms with Gasteiger partial charge in [-0.1, -0.05) is 18.2 Å². The van der Waals surface area contributed by atoms with Crippen LogP contribution in [0.1, 0.15) is 34.2 Å². The van der Waals surface area contributed by atoms with Crippen LogP contribution >= 0.6 is 0 Å². The molecule has 2 amide bonds. The summed E-state index contributed by atoms with van der Waals surface area (Å²) in [6, 6.07) is 10.5. The number of aryl methyl sites for hydroxylation is 1. The molecule has 8 nitrogen and oxygen atoms in total. The van der Waals surface area contributed by atoms with Gasteiger partial charge in [-0.15, -0.1) is 0 Å². The Morgan fingerprint density at radius 1 is 1.23 bits per heavy atom. The number of nitrogens with zero attached hydrogens (tertiary/aromatic N) is 4. The first-order chi connectivity index (χ1) is 14.6. The van der Waals surface area contributed by atoms with Crippen LogP contribution in [0.15, 0.2) is 55.0 Å². The lowest BCUT2D eigenvalue weighted by Gasteiger charge is -2.33. The molecule has 4 heterocycles. The van der Waals surface area contributed by atoms with Crippen molar-refractivity contribution in [3.05, 3.63) is 71.9 Å². The molecular formula is C22H21N5O3. The Balaban J connectivity index is 1.64. The maximum atomic E-state index is 13.5. The van der Waals surface area contributed by atoms with Gasteiger partial charge in [0.1, 0.15) is 17.3 Å². The number of benzene rings is 1. The summed E-state index contributed by atoms with van der Waals surface area (Å²) in [5, 5.41) is 3.01. The highest BCUT2D eigenvalue weighted by Crippen LogP contribution is 2.54. The van der Waals surface area contributed by atoms with Gasteiger partial charge in [-0.25, -0.2) is 9.97 Å². The first-order valence-corrected chi connectivity index (χ1v) is 9.75. The predicted octanol–water partition coefficient (Wildman–Crippen LogP) is 2.30. The molecule has 1 N–H and O–H groups in total. The summed E-state index contributed by atoms with van der Waals surface area (Å²) in [7, 11) is 3.41. The van der Waals surface area contributed by atoms with E-state index in [1.165, 1.54) is 13.3 Å². The number of para-hydroxylation sites is 1. The number of imidazole rings is 1. The number of ether oxygens (including phenoxy) is 1. The molecule has 0 radical (unpaired) electrons. The minimum absolute atomic E-state index is 0.0974. The van der Waals surface area contributed by atoms with Crippen LogP contribution < -0.4 is 10.1 Å². The Labute approximate surface area is 173 Å². The van der Waals surface area contributed by atoms with E-state index in [1.807, 2.05) is 42.1 Å². The number of pyridine rings is 1. The molecule has 0 aliphatic carbocycles. The standard InChI is InChI=1S/C22H21N5O3/c1-26-12-10-23-19(26)18-22(15-5-3-4-6-16(15)25-21(22)29)9-11-27(18)20(28)14-7-8-17(30-2)24-13-14/h3-8,10,12-13,18H,9,11H2,1-2H3,(H,25,29)/t18-,22+/m0/s1. The zero-order valence-corrected chi connectivity index (χ0v) is 16.7. The van der Waals surface area contributed by atoms with Crippen molar-refractivity contribution < 1.29 is 14.3 Å². The van der Waals surface area contributed by atoms with Crippen molar-refractivity contribution in [1.29, 1.82) is 0 Å². The lowest BCUT2D eigenvalue weighted by Crippen LogP contribution is -2.43. The van der Waals surface area contributed by atoms with Crippen molar-refractivity contribution in [1.82, 2.24) is 19.4 Å². The highest BCUT2D eigenvalue weighted by atomic mass is 16.5. The first-order valence-electron chi connectivity index (χ1n) is 9.75. The molecule has 152 valence electrons. The Bertz CT molecular complexity index is 1140. The minimum atomic E-state index is -0.884. The molecule has 1 saturated heterocycles. The zero-order valence-electron chi connectivity index (χ0n) is 16.7. The summed E-state index contributed by atoms with van der Waals surface area (Å²) in [5.41, 5.74) is 1.26. The highest BCUT2D eigenvalue weighted by molar-refractivity contribution is 6.08. The second-order valence-electron chi connectivity index (χ2n) is 7.61. The van der Waals surface area contributed by atoms with E-state index in [4.69, 9.17) is 4.74 Å². The van der Waals surface area contributed by atoms with Gasteiger partial charge < -0.3 is 19.5 Å². The van der Waals surface area contributed by atoms with Gasteiger partial charge in [-0.3, -0.25) is 9.59 Å². The second-order valence-corrected chi connectivity index (χ2v) is 7.61. The summed E-state index contributed by atoms with van der Waals surface area (Å²) in [4.78, 5) is 37.3. The topological polar surface area (TPSA) is 89.4 Å². The van der Waals surface area contributed by atoms with Crippen LogP contribution in [0.25, 0.3) is 0 Å². The van der Waals surface area contributed by atoms with Gasteiger partial charge in [0.15, 0.2) is 0 Å². The summed E-state index contributed by atoms with van der Waals surface area (Å²) in [6.07, 6.45) is 5.54. The van der Waals surface area contributed by atoms with Crippen molar-refractivity contribution in [2.75, 3.05) is 19.0 Å².